The minimum absolute atomic E-state index is 0.284. The van der Waals surface area contributed by atoms with E-state index < -0.39 is 5.60 Å². The maximum atomic E-state index is 12.4. The maximum Gasteiger partial charge on any atom is 0.338 e. The van der Waals surface area contributed by atoms with Crippen molar-refractivity contribution in [2.45, 2.75) is 32.3 Å². The fourth-order valence-electron chi connectivity index (χ4n) is 2.69. The number of esters is 1. The summed E-state index contributed by atoms with van der Waals surface area (Å²) in [6, 6.07) is 5.39. The number of ether oxygens (including phenoxy) is 2. The number of hydrogen-bond donors (Lipinski definition) is 1. The van der Waals surface area contributed by atoms with Crippen LogP contribution in [0.25, 0.3) is 0 Å². The Kier molecular flexibility index (Phi) is 5.48. The van der Waals surface area contributed by atoms with Crippen molar-refractivity contribution in [3.63, 3.8) is 0 Å². The molecule has 1 saturated heterocycles. The molecule has 0 amide bonds. The smallest absolute Gasteiger partial charge is 0.338 e. The maximum absolute atomic E-state index is 12.4. The summed E-state index contributed by atoms with van der Waals surface area (Å²) >= 11 is 2.18. The molecule has 0 aliphatic carbocycles. The van der Waals surface area contributed by atoms with Crippen molar-refractivity contribution in [3.8, 4) is 5.75 Å². The van der Waals surface area contributed by atoms with Crippen molar-refractivity contribution >= 4 is 28.6 Å². The van der Waals surface area contributed by atoms with Crippen molar-refractivity contribution in [1.82, 2.24) is 5.32 Å². The summed E-state index contributed by atoms with van der Waals surface area (Å²) in [5.74, 6) is 0.811. The van der Waals surface area contributed by atoms with Gasteiger partial charge >= 0.3 is 5.97 Å². The molecule has 0 unspecified atom stereocenters. The fourth-order valence-corrected chi connectivity index (χ4v) is 3.24. The monoisotopic (exact) mass is 403 g/mol. The predicted octanol–water partition coefficient (Wildman–Crippen LogP) is 3.23. The molecule has 1 aromatic carbocycles. The van der Waals surface area contributed by atoms with E-state index in [0.717, 1.165) is 29.5 Å². The van der Waals surface area contributed by atoms with Crippen LogP contribution in [0.4, 0.5) is 0 Å². The molecule has 0 saturated carbocycles. The Bertz CT molecular complexity index is 510. The Balaban J connectivity index is 2.09. The van der Waals surface area contributed by atoms with Crippen LogP contribution >= 0.6 is 22.6 Å². The van der Waals surface area contributed by atoms with E-state index in [2.05, 4.69) is 27.9 Å². The molecule has 0 atom stereocenters. The van der Waals surface area contributed by atoms with E-state index in [-0.39, 0.29) is 5.97 Å². The topological polar surface area (TPSA) is 47.6 Å². The summed E-state index contributed by atoms with van der Waals surface area (Å²) in [4.78, 5) is 12.4. The highest BCUT2D eigenvalue weighted by Gasteiger charge is 2.34. The second-order valence-corrected chi connectivity index (χ2v) is 7.03. The van der Waals surface area contributed by atoms with Crippen molar-refractivity contribution in [1.29, 1.82) is 0 Å². The Hall–Kier alpha value is -0.820. The molecule has 1 heterocycles. The molecule has 1 fully saturated rings. The van der Waals surface area contributed by atoms with E-state index >= 15 is 0 Å². The molecule has 1 aromatic rings. The quantitative estimate of drug-likeness (QED) is 0.620. The standard InChI is InChI=1S/C16H22INO3/c1-16(2,12-6-8-18-9-7-12)21-15(19)11-4-5-13(17)14(10-11)20-3/h4-5,10,12,18H,6-9H2,1-3H3. The summed E-state index contributed by atoms with van der Waals surface area (Å²) in [5.41, 5.74) is 0.0874. The number of rotatable bonds is 4. The van der Waals surface area contributed by atoms with E-state index in [0.29, 0.717) is 17.2 Å². The third kappa shape index (κ3) is 4.10. The van der Waals surface area contributed by atoms with Crippen molar-refractivity contribution < 1.29 is 14.3 Å². The molecular formula is C16H22INO3. The number of methoxy groups -OCH3 is 1. The Morgan fingerprint density at radius 1 is 1.33 bits per heavy atom. The van der Waals surface area contributed by atoms with Gasteiger partial charge in [-0.3, -0.25) is 0 Å². The lowest BCUT2D eigenvalue weighted by Gasteiger charge is -2.36. The Labute approximate surface area is 139 Å². The van der Waals surface area contributed by atoms with Gasteiger partial charge in [0.15, 0.2) is 0 Å². The first-order valence-electron chi connectivity index (χ1n) is 7.21. The second-order valence-electron chi connectivity index (χ2n) is 5.87. The number of benzene rings is 1. The number of piperidine rings is 1. The van der Waals surface area contributed by atoms with E-state index in [1.54, 1.807) is 19.2 Å². The first kappa shape index (κ1) is 16.5. The number of carbonyl (C=O) groups excluding carboxylic acids is 1. The van der Waals surface area contributed by atoms with Gasteiger partial charge in [-0.1, -0.05) is 0 Å². The highest BCUT2D eigenvalue weighted by atomic mass is 127. The molecule has 1 aliphatic heterocycles. The molecule has 1 aliphatic rings. The van der Waals surface area contributed by atoms with E-state index in [9.17, 15) is 4.79 Å². The van der Waals surface area contributed by atoms with Crippen LogP contribution in [-0.2, 0) is 4.74 Å². The summed E-state index contributed by atoms with van der Waals surface area (Å²) < 4.78 is 12.0. The SMILES string of the molecule is COc1cc(C(=O)OC(C)(C)C2CCNCC2)ccc1I. The lowest BCUT2D eigenvalue weighted by Crippen LogP contribution is -2.42. The first-order valence-corrected chi connectivity index (χ1v) is 8.29. The summed E-state index contributed by atoms with van der Waals surface area (Å²) in [5, 5.41) is 3.34. The highest BCUT2D eigenvalue weighted by molar-refractivity contribution is 14.1. The number of nitrogens with one attached hydrogen (secondary N) is 1. The summed E-state index contributed by atoms with van der Waals surface area (Å²) in [6.45, 7) is 5.99. The second kappa shape index (κ2) is 6.96. The van der Waals surface area contributed by atoms with Gasteiger partial charge in [0.1, 0.15) is 11.4 Å². The average molecular weight is 403 g/mol. The third-order valence-corrected chi connectivity index (χ3v) is 4.96. The third-order valence-electron chi connectivity index (χ3n) is 4.06. The van der Waals surface area contributed by atoms with E-state index in [1.807, 2.05) is 19.9 Å². The molecule has 5 heteroatoms. The van der Waals surface area contributed by atoms with Crippen LogP contribution in [0.2, 0.25) is 0 Å². The van der Waals surface area contributed by atoms with Crippen LogP contribution in [-0.4, -0.2) is 31.8 Å². The van der Waals surface area contributed by atoms with Gasteiger partial charge in [-0.2, -0.15) is 0 Å². The van der Waals surface area contributed by atoms with Crippen LogP contribution < -0.4 is 10.1 Å². The van der Waals surface area contributed by atoms with Crippen LogP contribution in [0.5, 0.6) is 5.75 Å². The van der Waals surface area contributed by atoms with Crippen LogP contribution in [0.15, 0.2) is 18.2 Å². The number of hydrogen-bond acceptors (Lipinski definition) is 4. The zero-order valence-corrected chi connectivity index (χ0v) is 14.9. The molecule has 4 nitrogen and oxygen atoms in total. The molecule has 0 spiro atoms. The zero-order chi connectivity index (χ0) is 15.5. The van der Waals surface area contributed by atoms with Gasteiger partial charge in [-0.15, -0.1) is 0 Å². The van der Waals surface area contributed by atoms with Crippen molar-refractivity contribution in [2.24, 2.45) is 5.92 Å². The van der Waals surface area contributed by atoms with Crippen LogP contribution in [0, 0.1) is 9.49 Å². The predicted molar refractivity (Wildman–Crippen MR) is 90.8 cm³/mol. The molecule has 1 N–H and O–H groups in total. The minimum atomic E-state index is -0.449. The molecule has 0 bridgehead atoms. The van der Waals surface area contributed by atoms with Gasteiger partial charge in [-0.25, -0.2) is 4.79 Å². The minimum Gasteiger partial charge on any atom is -0.496 e. The summed E-state index contributed by atoms with van der Waals surface area (Å²) in [7, 11) is 1.60. The molecule has 0 radical (unpaired) electrons. The molecule has 2 rings (SSSR count). The largest absolute Gasteiger partial charge is 0.496 e. The van der Waals surface area contributed by atoms with Gasteiger partial charge in [0, 0.05) is 5.92 Å². The molecule has 0 aromatic heterocycles. The molecule has 21 heavy (non-hydrogen) atoms. The number of carbonyl (C=O) groups is 1. The first-order chi connectivity index (χ1) is 9.94. The van der Waals surface area contributed by atoms with Crippen molar-refractivity contribution in [3.05, 3.63) is 27.3 Å². The van der Waals surface area contributed by atoms with Gasteiger partial charge < -0.3 is 14.8 Å². The van der Waals surface area contributed by atoms with Crippen LogP contribution in [0.3, 0.4) is 0 Å². The lowest BCUT2D eigenvalue weighted by molar-refractivity contribution is -0.0368. The van der Waals surface area contributed by atoms with E-state index in [1.165, 1.54) is 0 Å². The normalized spacial score (nSPS) is 16.6. The Morgan fingerprint density at radius 2 is 2.00 bits per heavy atom. The van der Waals surface area contributed by atoms with Gasteiger partial charge in [0.2, 0.25) is 0 Å². The van der Waals surface area contributed by atoms with Gasteiger partial charge in [0.05, 0.1) is 16.2 Å². The van der Waals surface area contributed by atoms with Crippen molar-refractivity contribution in [2.75, 3.05) is 20.2 Å². The van der Waals surface area contributed by atoms with Gasteiger partial charge in [-0.05, 0) is 80.6 Å². The molecule has 116 valence electrons. The van der Waals surface area contributed by atoms with Crippen LogP contribution in [0.1, 0.15) is 37.0 Å². The highest BCUT2D eigenvalue weighted by Crippen LogP contribution is 2.30. The summed E-state index contributed by atoms with van der Waals surface area (Å²) in [6.07, 6.45) is 2.08. The zero-order valence-electron chi connectivity index (χ0n) is 12.7. The molecular weight excluding hydrogens is 381 g/mol. The lowest BCUT2D eigenvalue weighted by atomic mass is 9.83. The number of halogens is 1. The van der Waals surface area contributed by atoms with E-state index in [4.69, 9.17) is 9.47 Å². The average Bonchev–Trinajstić information content (AvgIpc) is 2.48. The Morgan fingerprint density at radius 3 is 2.62 bits per heavy atom. The van der Waals surface area contributed by atoms with Gasteiger partial charge in [0.25, 0.3) is 0 Å². The fraction of sp³-hybridized carbons (Fsp3) is 0.562.